The largest absolute Gasteiger partial charge is 0.444 e. The van der Waals surface area contributed by atoms with Gasteiger partial charge in [-0.15, -0.1) is 0 Å². The second kappa shape index (κ2) is 11.8. The van der Waals surface area contributed by atoms with Crippen LogP contribution in [0.5, 0.6) is 0 Å². The van der Waals surface area contributed by atoms with Gasteiger partial charge in [0, 0.05) is 45.2 Å². The molecule has 3 amide bonds. The second-order valence-electron chi connectivity index (χ2n) is 11.9. The number of imidazole rings is 1. The molecule has 2 fully saturated rings. The predicted octanol–water partition coefficient (Wildman–Crippen LogP) is 4.65. The predicted molar refractivity (Wildman–Crippen MR) is 156 cm³/mol. The highest BCUT2D eigenvalue weighted by molar-refractivity contribution is 5.98. The van der Waals surface area contributed by atoms with Gasteiger partial charge in [-0.3, -0.25) is 9.59 Å². The monoisotopic (exact) mass is 557 g/mol. The Labute approximate surface area is 241 Å². The first kappa shape index (κ1) is 28.4. The summed E-state index contributed by atoms with van der Waals surface area (Å²) in [6.45, 7) is 9.54. The Balaban J connectivity index is 1.47. The van der Waals surface area contributed by atoms with Crippen molar-refractivity contribution in [1.82, 2.24) is 24.3 Å². The van der Waals surface area contributed by atoms with E-state index in [4.69, 9.17) is 4.74 Å². The number of nitrogens with zero attached hydrogens (tertiary/aromatic N) is 5. The number of carbonyl (C=O) groups is 3. The Bertz CT molecular complexity index is 1380. The number of benzene rings is 2. The van der Waals surface area contributed by atoms with Gasteiger partial charge in [0.2, 0.25) is 5.91 Å². The lowest BCUT2D eigenvalue weighted by Crippen LogP contribution is -2.58. The van der Waals surface area contributed by atoms with Crippen LogP contribution in [0.3, 0.4) is 0 Å². The van der Waals surface area contributed by atoms with Gasteiger partial charge < -0.3 is 24.0 Å². The zero-order valence-electron chi connectivity index (χ0n) is 24.3. The van der Waals surface area contributed by atoms with Gasteiger partial charge in [-0.1, -0.05) is 60.7 Å². The molecule has 2 aliphatic heterocycles. The molecule has 0 radical (unpaired) electrons. The Morgan fingerprint density at radius 3 is 2.22 bits per heavy atom. The molecular weight excluding hydrogens is 518 g/mol. The minimum Gasteiger partial charge on any atom is -0.444 e. The molecule has 3 heterocycles. The fourth-order valence-electron chi connectivity index (χ4n) is 5.74. The molecule has 0 unspecified atom stereocenters. The first-order valence-electron chi connectivity index (χ1n) is 14.3. The van der Waals surface area contributed by atoms with E-state index in [9.17, 15) is 14.4 Å². The van der Waals surface area contributed by atoms with E-state index in [1.807, 2.05) is 91.2 Å². The molecule has 41 heavy (non-hydrogen) atoms. The summed E-state index contributed by atoms with van der Waals surface area (Å²) >= 11 is 0. The fraction of sp³-hybridized carbons (Fsp3) is 0.438. The summed E-state index contributed by atoms with van der Waals surface area (Å²) in [7, 11) is 0. The lowest BCUT2D eigenvalue weighted by molar-refractivity contribution is -0.127. The van der Waals surface area contributed by atoms with E-state index in [1.165, 1.54) is 0 Å². The summed E-state index contributed by atoms with van der Waals surface area (Å²) in [4.78, 5) is 49.5. The molecule has 216 valence electrons. The third-order valence-electron chi connectivity index (χ3n) is 7.76. The number of piperazine rings is 1. The normalized spacial score (nSPS) is 19.4. The topological polar surface area (TPSA) is 88.0 Å². The molecule has 0 bridgehead atoms. The van der Waals surface area contributed by atoms with Crippen molar-refractivity contribution in [2.24, 2.45) is 0 Å². The van der Waals surface area contributed by atoms with Gasteiger partial charge in [-0.2, -0.15) is 0 Å². The Morgan fingerprint density at radius 1 is 0.902 bits per heavy atom. The number of hydrogen-bond donors (Lipinski definition) is 0. The van der Waals surface area contributed by atoms with E-state index in [0.717, 1.165) is 23.2 Å². The van der Waals surface area contributed by atoms with Crippen LogP contribution in [0, 0.1) is 0 Å². The van der Waals surface area contributed by atoms with Crippen molar-refractivity contribution in [2.45, 2.75) is 58.2 Å². The number of likely N-dealkylation sites (tertiary alicyclic amines) is 1. The zero-order chi connectivity index (χ0) is 29.1. The molecule has 2 atom stereocenters. The first-order chi connectivity index (χ1) is 19.6. The quantitative estimate of drug-likeness (QED) is 0.456. The standard InChI is InChI=1S/C32H39N5O4/c1-23(38)34-16-15-26(20-34)37-22-33-28(29(37)25-13-9-6-10-14-25)30(39)36-18-17-35(31(40)41-32(2,3)4)21-27(36)19-24-11-7-5-8-12-24/h5-14,22,26-27H,15-21H2,1-4H3/t26-,27-/m1/s1. The van der Waals surface area contributed by atoms with Crippen molar-refractivity contribution in [3.05, 3.63) is 78.2 Å². The summed E-state index contributed by atoms with van der Waals surface area (Å²) in [5.74, 6) is -0.106. The van der Waals surface area contributed by atoms with Crippen LogP contribution in [-0.4, -0.2) is 86.5 Å². The van der Waals surface area contributed by atoms with Gasteiger partial charge >= 0.3 is 6.09 Å². The average Bonchev–Trinajstić information content (AvgIpc) is 3.61. The van der Waals surface area contributed by atoms with E-state index in [0.29, 0.717) is 44.8 Å². The van der Waals surface area contributed by atoms with Crippen molar-refractivity contribution in [3.8, 4) is 11.3 Å². The highest BCUT2D eigenvalue weighted by Gasteiger charge is 2.37. The van der Waals surface area contributed by atoms with Crippen LogP contribution in [0.15, 0.2) is 67.0 Å². The molecule has 0 spiro atoms. The summed E-state index contributed by atoms with van der Waals surface area (Å²) in [5, 5.41) is 0. The Hall–Kier alpha value is -4.14. The highest BCUT2D eigenvalue weighted by Crippen LogP contribution is 2.32. The maximum Gasteiger partial charge on any atom is 0.410 e. The molecular formula is C32H39N5O4. The lowest BCUT2D eigenvalue weighted by Gasteiger charge is -2.41. The molecule has 5 rings (SSSR count). The molecule has 0 saturated carbocycles. The number of aromatic nitrogens is 2. The van der Waals surface area contributed by atoms with Crippen molar-refractivity contribution < 1.29 is 19.1 Å². The zero-order valence-corrected chi connectivity index (χ0v) is 24.3. The summed E-state index contributed by atoms with van der Waals surface area (Å²) in [6.07, 6.45) is 2.78. The molecule has 1 aromatic heterocycles. The third-order valence-corrected chi connectivity index (χ3v) is 7.76. The van der Waals surface area contributed by atoms with Gasteiger partial charge in [0.05, 0.1) is 24.1 Å². The van der Waals surface area contributed by atoms with Crippen molar-refractivity contribution in [3.63, 3.8) is 0 Å². The number of hydrogen-bond acceptors (Lipinski definition) is 5. The van der Waals surface area contributed by atoms with Crippen LogP contribution in [0.4, 0.5) is 4.79 Å². The smallest absolute Gasteiger partial charge is 0.410 e. The molecule has 0 N–H and O–H groups in total. The van der Waals surface area contributed by atoms with Crippen LogP contribution in [0.25, 0.3) is 11.3 Å². The Morgan fingerprint density at radius 2 is 1.59 bits per heavy atom. The van der Waals surface area contributed by atoms with Gasteiger partial charge in [0.25, 0.3) is 5.91 Å². The number of ether oxygens (including phenoxy) is 1. The van der Waals surface area contributed by atoms with E-state index in [-0.39, 0.29) is 30.0 Å². The van der Waals surface area contributed by atoms with Crippen molar-refractivity contribution in [2.75, 3.05) is 32.7 Å². The second-order valence-corrected chi connectivity index (χ2v) is 11.9. The van der Waals surface area contributed by atoms with Crippen molar-refractivity contribution in [1.29, 1.82) is 0 Å². The van der Waals surface area contributed by atoms with Crippen molar-refractivity contribution >= 4 is 17.9 Å². The van der Waals surface area contributed by atoms with Crippen LogP contribution in [-0.2, 0) is 16.0 Å². The first-order valence-corrected chi connectivity index (χ1v) is 14.3. The number of amides is 3. The third kappa shape index (κ3) is 6.45. The minimum absolute atomic E-state index is 0.0345. The van der Waals surface area contributed by atoms with Crippen LogP contribution >= 0.6 is 0 Å². The summed E-state index contributed by atoms with van der Waals surface area (Å²) in [5.41, 5.74) is 2.54. The van der Waals surface area contributed by atoms with Crippen LogP contribution < -0.4 is 0 Å². The molecule has 3 aromatic rings. The molecule has 2 aliphatic rings. The SMILES string of the molecule is CC(=O)N1CC[C@@H](n2cnc(C(=O)N3CCN(C(=O)OC(C)(C)C)C[C@H]3Cc3ccccc3)c2-c2ccccc2)C1. The van der Waals surface area contributed by atoms with E-state index in [2.05, 4.69) is 9.55 Å². The highest BCUT2D eigenvalue weighted by atomic mass is 16.6. The van der Waals surface area contributed by atoms with E-state index < -0.39 is 5.60 Å². The van der Waals surface area contributed by atoms with E-state index in [1.54, 1.807) is 18.2 Å². The molecule has 9 heteroatoms. The van der Waals surface area contributed by atoms with Crippen LogP contribution in [0.1, 0.15) is 56.2 Å². The summed E-state index contributed by atoms with van der Waals surface area (Å²) < 4.78 is 7.72. The van der Waals surface area contributed by atoms with Gasteiger partial charge in [0.15, 0.2) is 5.69 Å². The van der Waals surface area contributed by atoms with Gasteiger partial charge in [-0.05, 0) is 39.2 Å². The molecule has 2 saturated heterocycles. The van der Waals surface area contributed by atoms with Gasteiger partial charge in [0.1, 0.15) is 5.60 Å². The van der Waals surface area contributed by atoms with Crippen LogP contribution in [0.2, 0.25) is 0 Å². The van der Waals surface area contributed by atoms with E-state index >= 15 is 0 Å². The number of rotatable bonds is 5. The number of carbonyl (C=O) groups excluding carboxylic acids is 3. The average molecular weight is 558 g/mol. The lowest BCUT2D eigenvalue weighted by atomic mass is 10.0. The molecule has 2 aromatic carbocycles. The maximum atomic E-state index is 14.4. The van der Waals surface area contributed by atoms with Gasteiger partial charge in [-0.25, -0.2) is 9.78 Å². The maximum absolute atomic E-state index is 14.4. The Kier molecular flexibility index (Phi) is 8.15. The minimum atomic E-state index is -0.603. The molecule has 0 aliphatic carbocycles. The molecule has 9 nitrogen and oxygen atoms in total. The fourth-order valence-corrected chi connectivity index (χ4v) is 5.74. The summed E-state index contributed by atoms with van der Waals surface area (Å²) in [6, 6.07) is 19.6.